The van der Waals surface area contributed by atoms with Crippen molar-refractivity contribution in [1.29, 1.82) is 0 Å². The Morgan fingerprint density at radius 1 is 1.64 bits per heavy atom. The van der Waals surface area contributed by atoms with E-state index in [2.05, 4.69) is 0 Å². The number of hydrogen-bond donors (Lipinski definition) is 2. The number of hydrogen-bond acceptors (Lipinski definition) is 2. The Labute approximate surface area is 65.1 Å². The van der Waals surface area contributed by atoms with Crippen LogP contribution in [0.4, 0.5) is 5.69 Å². The number of aromatic carboxylic acids is 1. The standard InChI is InChI=1S/C7H8BNO2/c1-4-2-8-3-5(9)6(4)7(10)11/h2-3H,9H2,1H3,(H,10,11). The summed E-state index contributed by atoms with van der Waals surface area (Å²) >= 11 is 0. The molecule has 3 N–H and O–H groups in total. The number of nitrogens with two attached hydrogens (primary N) is 1. The van der Waals surface area contributed by atoms with E-state index in [-0.39, 0.29) is 5.56 Å². The minimum atomic E-state index is -0.972. The summed E-state index contributed by atoms with van der Waals surface area (Å²) < 4.78 is 0. The summed E-state index contributed by atoms with van der Waals surface area (Å²) in [5, 5.41) is 8.67. The van der Waals surface area contributed by atoms with Crippen molar-refractivity contribution in [2.45, 2.75) is 6.92 Å². The van der Waals surface area contributed by atoms with Crippen molar-refractivity contribution < 1.29 is 9.90 Å². The van der Waals surface area contributed by atoms with Gasteiger partial charge in [-0.25, -0.2) is 0 Å². The van der Waals surface area contributed by atoms with Crippen molar-refractivity contribution in [3.63, 3.8) is 0 Å². The van der Waals surface area contributed by atoms with Gasteiger partial charge in [-0.2, -0.15) is 0 Å². The summed E-state index contributed by atoms with van der Waals surface area (Å²) in [6.45, 7) is 3.46. The molecule has 56 valence electrons. The van der Waals surface area contributed by atoms with Crippen LogP contribution in [0.5, 0.6) is 0 Å². The van der Waals surface area contributed by atoms with E-state index in [1.807, 2.05) is 0 Å². The van der Waals surface area contributed by atoms with Crippen molar-refractivity contribution in [3.8, 4) is 0 Å². The Balaban J connectivity index is 3.32. The van der Waals surface area contributed by atoms with Gasteiger partial charge in [-0.3, -0.25) is 0 Å². The number of nitrogen functional groups attached to an aromatic ring is 1. The van der Waals surface area contributed by atoms with E-state index in [1.165, 1.54) is 0 Å². The molecule has 1 aromatic heterocycles. The molecule has 0 radical (unpaired) electrons. The van der Waals surface area contributed by atoms with Crippen LogP contribution in [0.3, 0.4) is 0 Å². The van der Waals surface area contributed by atoms with E-state index in [0.29, 0.717) is 11.3 Å². The molecule has 0 aliphatic carbocycles. The fourth-order valence-electron chi connectivity index (χ4n) is 0.983. The Morgan fingerprint density at radius 3 is 2.64 bits per heavy atom. The number of carboxylic acid groups (broad SMARTS) is 1. The zero-order valence-corrected chi connectivity index (χ0v) is 6.16. The van der Waals surface area contributed by atoms with Gasteiger partial charge in [0.25, 0.3) is 0 Å². The van der Waals surface area contributed by atoms with Crippen molar-refractivity contribution in [3.05, 3.63) is 23.1 Å². The molecule has 0 aromatic carbocycles. The number of anilines is 1. The van der Waals surface area contributed by atoms with Crippen molar-refractivity contribution in [2.24, 2.45) is 0 Å². The average molecular weight is 149 g/mol. The Morgan fingerprint density at radius 2 is 2.27 bits per heavy atom. The molecule has 0 bridgehead atoms. The van der Waals surface area contributed by atoms with E-state index in [0.717, 1.165) is 0 Å². The van der Waals surface area contributed by atoms with Gasteiger partial charge in [-0.1, -0.05) is 0 Å². The van der Waals surface area contributed by atoms with Gasteiger partial charge in [-0.05, 0) is 0 Å². The van der Waals surface area contributed by atoms with Crippen LogP contribution < -0.4 is 5.73 Å². The van der Waals surface area contributed by atoms with E-state index in [1.54, 1.807) is 25.8 Å². The molecule has 0 aliphatic heterocycles. The summed E-state index contributed by atoms with van der Waals surface area (Å²) in [7, 11) is 0. The molecule has 1 rings (SSSR count). The number of rotatable bonds is 1. The van der Waals surface area contributed by atoms with E-state index in [9.17, 15) is 4.79 Å². The number of aryl methyl sites for hydroxylation is 1. The monoisotopic (exact) mass is 149 g/mol. The Hall–Kier alpha value is -1.32. The van der Waals surface area contributed by atoms with Gasteiger partial charge in [0.1, 0.15) is 0 Å². The maximum absolute atomic E-state index is 10.6. The molecule has 0 fully saturated rings. The summed E-state index contributed by atoms with van der Waals surface area (Å²) in [5.74, 6) is 2.33. The van der Waals surface area contributed by atoms with Crippen LogP contribution in [-0.4, -0.2) is 18.0 Å². The van der Waals surface area contributed by atoms with E-state index in [4.69, 9.17) is 10.8 Å². The quantitative estimate of drug-likeness (QED) is 0.614. The molecule has 0 amide bonds. The van der Waals surface area contributed by atoms with Crippen LogP contribution >= 0.6 is 0 Å². The zero-order chi connectivity index (χ0) is 8.43. The molecule has 0 saturated carbocycles. The predicted octanol–water partition coefficient (Wildman–Crippen LogP) is 0.614. The minimum absolute atomic E-state index is 0.201. The zero-order valence-electron chi connectivity index (χ0n) is 6.16. The molecular formula is C7H8BNO2. The van der Waals surface area contributed by atoms with Gasteiger partial charge in [0, 0.05) is 0 Å². The van der Waals surface area contributed by atoms with Gasteiger partial charge < -0.3 is 0 Å². The third kappa shape index (κ3) is 1.39. The fourth-order valence-corrected chi connectivity index (χ4v) is 0.983. The van der Waals surface area contributed by atoms with Gasteiger partial charge in [0.05, 0.1) is 0 Å². The van der Waals surface area contributed by atoms with Gasteiger partial charge in [0.2, 0.25) is 0 Å². The Bertz CT molecular complexity index is 278. The van der Waals surface area contributed by atoms with Crippen LogP contribution in [0.2, 0.25) is 0 Å². The molecule has 0 unspecified atom stereocenters. The maximum atomic E-state index is 10.6. The van der Waals surface area contributed by atoms with Crippen molar-refractivity contribution in [1.82, 2.24) is 0 Å². The molecule has 1 heterocycles. The van der Waals surface area contributed by atoms with Crippen LogP contribution in [0.25, 0.3) is 0 Å². The van der Waals surface area contributed by atoms with E-state index < -0.39 is 5.97 Å². The first-order chi connectivity index (χ1) is 5.13. The predicted molar refractivity (Wildman–Crippen MR) is 43.9 cm³/mol. The summed E-state index contributed by atoms with van der Waals surface area (Å²) in [5.41, 5.74) is 6.65. The number of carbonyl (C=O) groups is 1. The fraction of sp³-hybridized carbons (Fsp3) is 0.143. The second-order valence-electron chi connectivity index (χ2n) is 2.34. The van der Waals surface area contributed by atoms with Crippen LogP contribution in [0.1, 0.15) is 15.9 Å². The molecule has 0 spiro atoms. The van der Waals surface area contributed by atoms with Gasteiger partial charge in [-0.15, -0.1) is 0 Å². The average Bonchev–Trinajstić information content (AvgIpc) is 1.85. The molecule has 0 saturated heterocycles. The summed E-state index contributed by atoms with van der Waals surface area (Å²) in [6.07, 6.45) is 0. The molecular weight excluding hydrogens is 141 g/mol. The first-order valence-electron chi connectivity index (χ1n) is 3.21. The first-order valence-corrected chi connectivity index (χ1v) is 3.21. The SMILES string of the molecule is Cc1cbcc(N)c1C(=O)O. The van der Waals surface area contributed by atoms with Crippen LogP contribution in [0.15, 0.2) is 11.9 Å². The normalized spacial score (nSPS) is 9.18. The second kappa shape index (κ2) is 2.74. The van der Waals surface area contributed by atoms with Gasteiger partial charge in [0.15, 0.2) is 0 Å². The van der Waals surface area contributed by atoms with Crippen LogP contribution in [-0.2, 0) is 0 Å². The van der Waals surface area contributed by atoms with Crippen molar-refractivity contribution >= 4 is 18.6 Å². The van der Waals surface area contributed by atoms with Crippen molar-refractivity contribution in [2.75, 3.05) is 5.73 Å². The molecule has 4 heteroatoms. The second-order valence-corrected chi connectivity index (χ2v) is 2.34. The van der Waals surface area contributed by atoms with E-state index >= 15 is 0 Å². The summed E-state index contributed by atoms with van der Waals surface area (Å²) in [4.78, 5) is 10.6. The molecule has 11 heavy (non-hydrogen) atoms. The third-order valence-electron chi connectivity index (χ3n) is 1.52. The van der Waals surface area contributed by atoms with Gasteiger partial charge >= 0.3 is 64.2 Å². The molecule has 3 nitrogen and oxygen atoms in total. The topological polar surface area (TPSA) is 63.3 Å². The molecule has 0 atom stereocenters. The third-order valence-corrected chi connectivity index (χ3v) is 1.52. The molecule has 1 aromatic rings. The number of carboxylic acids is 1. The van der Waals surface area contributed by atoms with Crippen LogP contribution in [0, 0.1) is 6.92 Å². The Kier molecular flexibility index (Phi) is 1.94. The summed E-state index contributed by atoms with van der Waals surface area (Å²) in [6, 6.07) is 0. The molecule has 0 aliphatic rings. The first kappa shape index (κ1) is 7.79.